The maximum absolute atomic E-state index is 5.55. The van der Waals surface area contributed by atoms with Crippen LogP contribution >= 0.6 is 24.0 Å². The lowest BCUT2D eigenvalue weighted by molar-refractivity contribution is 0.0170. The van der Waals surface area contributed by atoms with Gasteiger partial charge in [0.25, 0.3) is 0 Å². The molecule has 1 heterocycles. The van der Waals surface area contributed by atoms with Crippen LogP contribution < -0.4 is 15.4 Å². The second-order valence-electron chi connectivity index (χ2n) is 7.37. The van der Waals surface area contributed by atoms with Gasteiger partial charge in [0.2, 0.25) is 0 Å². The molecule has 1 aromatic carbocycles. The summed E-state index contributed by atoms with van der Waals surface area (Å²) >= 11 is 0. The lowest BCUT2D eigenvalue weighted by Gasteiger charge is -2.35. The van der Waals surface area contributed by atoms with Gasteiger partial charge in [-0.15, -0.1) is 24.0 Å². The highest BCUT2D eigenvalue weighted by molar-refractivity contribution is 14.0. The number of rotatable bonds is 6. The van der Waals surface area contributed by atoms with Crippen LogP contribution in [-0.2, 0) is 4.74 Å². The Bertz CT molecular complexity index is 585. The number of ether oxygens (including phenoxy) is 2. The minimum Gasteiger partial charge on any atom is -0.497 e. The number of hydrogen-bond donors (Lipinski definition) is 2. The van der Waals surface area contributed by atoms with Crippen LogP contribution in [0.15, 0.2) is 29.3 Å². The van der Waals surface area contributed by atoms with E-state index in [2.05, 4.69) is 32.7 Å². The van der Waals surface area contributed by atoms with Crippen LogP contribution in [0.5, 0.6) is 5.75 Å². The summed E-state index contributed by atoms with van der Waals surface area (Å²) in [4.78, 5) is 6.94. The van der Waals surface area contributed by atoms with Crippen LogP contribution in [0.2, 0.25) is 0 Å². The molecule has 1 aromatic rings. The van der Waals surface area contributed by atoms with Gasteiger partial charge in [-0.3, -0.25) is 9.89 Å². The van der Waals surface area contributed by atoms with E-state index in [1.165, 1.54) is 37.7 Å². The standard InChI is InChI=1S/C21H34N4O2.HI/c1-22-21(24-18-6-4-3-5-7-18)23-16-20(25-12-14-27-15-13-25)17-8-10-19(26-2)11-9-17;/h8-11,18,20H,3-7,12-16H2,1-2H3,(H2,22,23,24);1H. The van der Waals surface area contributed by atoms with E-state index in [0.29, 0.717) is 6.04 Å². The largest absolute Gasteiger partial charge is 0.497 e. The molecule has 0 spiro atoms. The molecule has 28 heavy (non-hydrogen) atoms. The van der Waals surface area contributed by atoms with E-state index in [4.69, 9.17) is 9.47 Å². The molecule has 158 valence electrons. The number of aliphatic imine (C=N–C) groups is 1. The molecule has 0 amide bonds. The molecule has 0 bridgehead atoms. The predicted molar refractivity (Wildman–Crippen MR) is 125 cm³/mol. The maximum Gasteiger partial charge on any atom is 0.191 e. The Morgan fingerprint density at radius 3 is 2.46 bits per heavy atom. The predicted octanol–water partition coefficient (Wildman–Crippen LogP) is 3.18. The number of nitrogens with one attached hydrogen (secondary N) is 2. The topological polar surface area (TPSA) is 58.1 Å². The lowest BCUT2D eigenvalue weighted by atomic mass is 9.96. The van der Waals surface area contributed by atoms with Crippen molar-refractivity contribution in [3.63, 3.8) is 0 Å². The van der Waals surface area contributed by atoms with Gasteiger partial charge in [0, 0.05) is 32.7 Å². The number of methoxy groups -OCH3 is 1. The molecule has 3 rings (SSSR count). The number of nitrogens with zero attached hydrogens (tertiary/aromatic N) is 2. The highest BCUT2D eigenvalue weighted by Crippen LogP contribution is 2.24. The molecule has 0 radical (unpaired) electrons. The van der Waals surface area contributed by atoms with Crippen LogP contribution in [0.1, 0.15) is 43.7 Å². The van der Waals surface area contributed by atoms with Gasteiger partial charge in [0.05, 0.1) is 26.4 Å². The van der Waals surface area contributed by atoms with Crippen molar-refractivity contribution in [1.29, 1.82) is 0 Å². The van der Waals surface area contributed by atoms with Crippen LogP contribution in [0.3, 0.4) is 0 Å². The fourth-order valence-electron chi connectivity index (χ4n) is 4.00. The molecule has 0 aromatic heterocycles. The average Bonchev–Trinajstić information content (AvgIpc) is 2.75. The molecular weight excluding hydrogens is 467 g/mol. The van der Waals surface area contributed by atoms with Crippen LogP contribution in [-0.4, -0.2) is 63.9 Å². The molecule has 7 heteroatoms. The van der Waals surface area contributed by atoms with Crippen molar-refractivity contribution in [3.05, 3.63) is 29.8 Å². The maximum atomic E-state index is 5.55. The number of guanidine groups is 1. The zero-order valence-electron chi connectivity index (χ0n) is 17.2. The second-order valence-corrected chi connectivity index (χ2v) is 7.37. The van der Waals surface area contributed by atoms with Crippen molar-refractivity contribution in [1.82, 2.24) is 15.5 Å². The van der Waals surface area contributed by atoms with E-state index in [9.17, 15) is 0 Å². The highest BCUT2D eigenvalue weighted by atomic mass is 127. The summed E-state index contributed by atoms with van der Waals surface area (Å²) in [6.45, 7) is 4.31. The van der Waals surface area contributed by atoms with Crippen molar-refractivity contribution in [2.24, 2.45) is 4.99 Å². The summed E-state index contributed by atoms with van der Waals surface area (Å²) in [5, 5.41) is 7.18. The first kappa shape index (κ1) is 23.2. The quantitative estimate of drug-likeness (QED) is 0.356. The smallest absolute Gasteiger partial charge is 0.191 e. The van der Waals surface area contributed by atoms with Gasteiger partial charge in [0.15, 0.2) is 5.96 Å². The van der Waals surface area contributed by atoms with Crippen molar-refractivity contribution in [3.8, 4) is 5.75 Å². The normalized spacial score (nSPS) is 20.1. The monoisotopic (exact) mass is 502 g/mol. The summed E-state index contributed by atoms with van der Waals surface area (Å²) in [6, 6.07) is 9.24. The Kier molecular flexibility index (Phi) is 10.4. The van der Waals surface area contributed by atoms with Gasteiger partial charge in [-0.2, -0.15) is 0 Å². The van der Waals surface area contributed by atoms with Gasteiger partial charge in [-0.1, -0.05) is 31.4 Å². The minimum absolute atomic E-state index is 0. The minimum atomic E-state index is 0. The first-order valence-corrected chi connectivity index (χ1v) is 10.2. The third kappa shape index (κ3) is 6.77. The number of hydrogen-bond acceptors (Lipinski definition) is 4. The van der Waals surface area contributed by atoms with Crippen LogP contribution in [0.4, 0.5) is 0 Å². The number of benzene rings is 1. The zero-order valence-corrected chi connectivity index (χ0v) is 19.5. The average molecular weight is 502 g/mol. The van der Waals surface area contributed by atoms with Crippen LogP contribution in [0.25, 0.3) is 0 Å². The van der Waals surface area contributed by atoms with Crippen molar-refractivity contribution in [2.45, 2.75) is 44.2 Å². The zero-order chi connectivity index (χ0) is 18.9. The Morgan fingerprint density at radius 2 is 1.86 bits per heavy atom. The Labute approximate surface area is 186 Å². The van der Waals surface area contributed by atoms with E-state index in [0.717, 1.165) is 44.6 Å². The van der Waals surface area contributed by atoms with E-state index in [-0.39, 0.29) is 30.0 Å². The van der Waals surface area contributed by atoms with Crippen molar-refractivity contribution < 1.29 is 9.47 Å². The van der Waals surface area contributed by atoms with Gasteiger partial charge in [-0.05, 0) is 30.5 Å². The molecule has 2 aliphatic rings. The molecule has 2 N–H and O–H groups in total. The third-order valence-corrected chi connectivity index (χ3v) is 5.62. The fourth-order valence-corrected chi connectivity index (χ4v) is 4.00. The van der Waals surface area contributed by atoms with Crippen molar-refractivity contribution in [2.75, 3.05) is 47.0 Å². The molecular formula is C21H35IN4O2. The summed E-state index contributed by atoms with van der Waals surface area (Å²) in [5.74, 6) is 1.80. The summed E-state index contributed by atoms with van der Waals surface area (Å²) in [7, 11) is 3.56. The third-order valence-electron chi connectivity index (χ3n) is 5.62. The molecule has 2 fully saturated rings. The van der Waals surface area contributed by atoms with Crippen LogP contribution in [0, 0.1) is 0 Å². The molecule has 1 aliphatic heterocycles. The second kappa shape index (κ2) is 12.5. The van der Waals surface area contributed by atoms with E-state index in [1.54, 1.807) is 7.11 Å². The van der Waals surface area contributed by atoms with Gasteiger partial charge in [0.1, 0.15) is 5.75 Å². The molecule has 6 nitrogen and oxygen atoms in total. The van der Waals surface area contributed by atoms with Gasteiger partial charge in [-0.25, -0.2) is 0 Å². The Hall–Kier alpha value is -1.06. The summed E-state index contributed by atoms with van der Waals surface area (Å²) in [6.07, 6.45) is 6.48. The highest BCUT2D eigenvalue weighted by Gasteiger charge is 2.23. The van der Waals surface area contributed by atoms with Crippen molar-refractivity contribution >= 4 is 29.9 Å². The Morgan fingerprint density at radius 1 is 1.18 bits per heavy atom. The molecule has 1 saturated heterocycles. The van der Waals surface area contributed by atoms with Gasteiger partial charge >= 0.3 is 0 Å². The molecule has 1 atom stereocenters. The SMILES string of the molecule is CN=C(NCC(c1ccc(OC)cc1)N1CCOCC1)NC1CCCCC1.I. The van der Waals surface area contributed by atoms with E-state index < -0.39 is 0 Å². The first-order valence-electron chi connectivity index (χ1n) is 10.2. The first-order chi connectivity index (χ1) is 13.3. The number of halogens is 1. The summed E-state index contributed by atoms with van der Waals surface area (Å²) in [5.41, 5.74) is 1.29. The summed E-state index contributed by atoms with van der Waals surface area (Å²) < 4.78 is 10.9. The van der Waals surface area contributed by atoms with Gasteiger partial charge < -0.3 is 20.1 Å². The molecule has 1 aliphatic carbocycles. The lowest BCUT2D eigenvalue weighted by Crippen LogP contribution is -2.48. The Balaban J connectivity index is 0.00000280. The van der Waals surface area contributed by atoms with E-state index >= 15 is 0 Å². The molecule has 1 saturated carbocycles. The number of morpholine rings is 1. The fraction of sp³-hybridized carbons (Fsp3) is 0.667. The molecule has 1 unspecified atom stereocenters. The van der Waals surface area contributed by atoms with E-state index in [1.807, 2.05) is 19.2 Å².